The lowest BCUT2D eigenvalue weighted by atomic mass is 9.94. The Labute approximate surface area is 193 Å². The number of Topliss-reactive ketones (excluding diaryl/α,β-unsaturated/α-hetero) is 1. The summed E-state index contributed by atoms with van der Waals surface area (Å²) < 4.78 is 10.3. The Kier molecular flexibility index (Phi) is 7.50. The molecule has 1 aliphatic heterocycles. The summed E-state index contributed by atoms with van der Waals surface area (Å²) in [5.74, 6) is -1.65. The molecule has 1 unspecified atom stereocenters. The number of hydrogen-bond donors (Lipinski definition) is 1. The predicted molar refractivity (Wildman–Crippen MR) is 123 cm³/mol. The van der Waals surface area contributed by atoms with Gasteiger partial charge in [-0.15, -0.1) is 0 Å². The van der Waals surface area contributed by atoms with Crippen molar-refractivity contribution in [2.24, 2.45) is 0 Å². The smallest absolute Gasteiger partial charge is 0.337 e. The first-order valence-corrected chi connectivity index (χ1v) is 10.6. The largest absolute Gasteiger partial charge is 0.507 e. The molecule has 0 aliphatic carbocycles. The van der Waals surface area contributed by atoms with Gasteiger partial charge in [-0.05, 0) is 50.8 Å². The summed E-state index contributed by atoms with van der Waals surface area (Å²) in [6.45, 7) is 3.12. The van der Waals surface area contributed by atoms with Crippen molar-refractivity contribution in [1.82, 2.24) is 9.80 Å². The summed E-state index contributed by atoms with van der Waals surface area (Å²) in [5, 5.41) is 11.1. The average molecular weight is 453 g/mol. The molecule has 0 saturated carbocycles. The SMILES string of the molecule is CCOc1cccc(C(O)=C2C(=O)C(=O)N(CCN(C)C)C2c2ccc(C(=O)OC)cc2)c1. The minimum atomic E-state index is -0.799. The summed E-state index contributed by atoms with van der Waals surface area (Å²) in [5.41, 5.74) is 1.32. The number of amides is 1. The molecule has 174 valence electrons. The van der Waals surface area contributed by atoms with E-state index in [-0.39, 0.29) is 17.9 Å². The summed E-state index contributed by atoms with van der Waals surface area (Å²) in [6.07, 6.45) is 0. The number of likely N-dealkylation sites (N-methyl/N-ethyl adjacent to an activating group) is 1. The zero-order valence-electron chi connectivity index (χ0n) is 19.2. The lowest BCUT2D eigenvalue weighted by Gasteiger charge is -2.26. The first kappa shape index (κ1) is 24.0. The van der Waals surface area contributed by atoms with Crippen molar-refractivity contribution in [2.45, 2.75) is 13.0 Å². The number of benzene rings is 2. The van der Waals surface area contributed by atoms with Crippen molar-refractivity contribution in [1.29, 1.82) is 0 Å². The molecule has 1 saturated heterocycles. The molecule has 8 heteroatoms. The van der Waals surface area contributed by atoms with Crippen molar-refractivity contribution >= 4 is 23.4 Å². The fourth-order valence-corrected chi connectivity index (χ4v) is 3.74. The maximum absolute atomic E-state index is 13.1. The van der Waals surface area contributed by atoms with Crippen LogP contribution in [0.5, 0.6) is 5.75 Å². The van der Waals surface area contributed by atoms with E-state index in [1.165, 1.54) is 12.0 Å². The zero-order valence-corrected chi connectivity index (χ0v) is 19.2. The number of nitrogens with zero attached hydrogens (tertiary/aromatic N) is 2. The minimum absolute atomic E-state index is 0.00165. The van der Waals surface area contributed by atoms with Gasteiger partial charge in [-0.2, -0.15) is 0 Å². The topological polar surface area (TPSA) is 96.4 Å². The molecule has 0 aromatic heterocycles. The normalized spacial score (nSPS) is 17.5. The maximum atomic E-state index is 13.1. The third-order valence-electron chi connectivity index (χ3n) is 5.39. The van der Waals surface area contributed by atoms with Crippen LogP contribution in [-0.2, 0) is 14.3 Å². The van der Waals surface area contributed by atoms with Crippen LogP contribution in [0.1, 0.15) is 34.5 Å². The van der Waals surface area contributed by atoms with Crippen molar-refractivity contribution in [3.63, 3.8) is 0 Å². The molecular formula is C25H28N2O6. The predicted octanol–water partition coefficient (Wildman–Crippen LogP) is 2.86. The van der Waals surface area contributed by atoms with Gasteiger partial charge in [0.1, 0.15) is 11.5 Å². The fourth-order valence-electron chi connectivity index (χ4n) is 3.74. The van der Waals surface area contributed by atoms with E-state index >= 15 is 0 Å². The van der Waals surface area contributed by atoms with Gasteiger partial charge < -0.3 is 24.4 Å². The monoisotopic (exact) mass is 452 g/mol. The molecule has 8 nitrogen and oxygen atoms in total. The van der Waals surface area contributed by atoms with Crippen LogP contribution in [0.15, 0.2) is 54.1 Å². The molecule has 2 aromatic rings. The Morgan fingerprint density at radius 2 is 1.79 bits per heavy atom. The van der Waals surface area contributed by atoms with Crippen LogP contribution in [0, 0.1) is 0 Å². The van der Waals surface area contributed by atoms with E-state index < -0.39 is 23.7 Å². The number of rotatable bonds is 8. The highest BCUT2D eigenvalue weighted by molar-refractivity contribution is 6.46. The molecule has 0 radical (unpaired) electrons. The number of aliphatic hydroxyl groups is 1. The second-order valence-electron chi connectivity index (χ2n) is 7.87. The van der Waals surface area contributed by atoms with Crippen molar-refractivity contribution in [2.75, 3.05) is 40.9 Å². The highest BCUT2D eigenvalue weighted by atomic mass is 16.5. The number of ether oxygens (including phenoxy) is 2. The van der Waals surface area contributed by atoms with Gasteiger partial charge >= 0.3 is 5.97 Å². The molecule has 1 aliphatic rings. The molecule has 0 bridgehead atoms. The molecule has 0 spiro atoms. The summed E-state index contributed by atoms with van der Waals surface area (Å²) in [6, 6.07) is 12.4. The van der Waals surface area contributed by atoms with Gasteiger partial charge in [-0.25, -0.2) is 4.79 Å². The number of likely N-dealkylation sites (tertiary alicyclic amines) is 1. The van der Waals surface area contributed by atoms with E-state index in [9.17, 15) is 19.5 Å². The van der Waals surface area contributed by atoms with Gasteiger partial charge in [-0.1, -0.05) is 24.3 Å². The molecule has 33 heavy (non-hydrogen) atoms. The van der Waals surface area contributed by atoms with Gasteiger partial charge in [-0.3, -0.25) is 9.59 Å². The molecule has 1 N–H and O–H groups in total. The molecule has 1 heterocycles. The van der Waals surface area contributed by atoms with Crippen LogP contribution in [0.3, 0.4) is 0 Å². The van der Waals surface area contributed by atoms with Crippen molar-refractivity contribution in [3.8, 4) is 5.75 Å². The maximum Gasteiger partial charge on any atom is 0.337 e. The number of carbonyl (C=O) groups excluding carboxylic acids is 3. The number of ketones is 1. The van der Waals surface area contributed by atoms with Crippen LogP contribution < -0.4 is 4.74 Å². The lowest BCUT2D eigenvalue weighted by molar-refractivity contribution is -0.140. The lowest BCUT2D eigenvalue weighted by Crippen LogP contribution is -2.35. The highest BCUT2D eigenvalue weighted by Crippen LogP contribution is 2.39. The van der Waals surface area contributed by atoms with Crippen LogP contribution in [-0.4, -0.2) is 73.5 Å². The zero-order chi connectivity index (χ0) is 24.1. The van der Waals surface area contributed by atoms with Crippen LogP contribution >= 0.6 is 0 Å². The Morgan fingerprint density at radius 1 is 1.09 bits per heavy atom. The Bertz CT molecular complexity index is 1070. The van der Waals surface area contributed by atoms with E-state index in [4.69, 9.17) is 9.47 Å². The molecule has 1 fully saturated rings. The van der Waals surface area contributed by atoms with Gasteiger partial charge in [0.15, 0.2) is 0 Å². The van der Waals surface area contributed by atoms with Crippen LogP contribution in [0.25, 0.3) is 5.76 Å². The third kappa shape index (κ3) is 5.06. The fraction of sp³-hybridized carbons (Fsp3) is 0.320. The second-order valence-corrected chi connectivity index (χ2v) is 7.87. The van der Waals surface area contributed by atoms with Gasteiger partial charge in [0.2, 0.25) is 0 Å². The quantitative estimate of drug-likeness (QED) is 0.285. The number of aliphatic hydroxyl groups excluding tert-OH is 1. The highest BCUT2D eigenvalue weighted by Gasteiger charge is 2.45. The number of esters is 1. The number of methoxy groups -OCH3 is 1. The summed E-state index contributed by atoms with van der Waals surface area (Å²) in [7, 11) is 5.04. The first-order chi connectivity index (χ1) is 15.8. The number of hydrogen-bond acceptors (Lipinski definition) is 7. The van der Waals surface area contributed by atoms with Gasteiger partial charge in [0.05, 0.1) is 30.9 Å². The number of carbonyl (C=O) groups is 3. The average Bonchev–Trinajstić information content (AvgIpc) is 3.07. The van der Waals surface area contributed by atoms with Gasteiger partial charge in [0.25, 0.3) is 11.7 Å². The summed E-state index contributed by atoms with van der Waals surface area (Å²) >= 11 is 0. The molecular weight excluding hydrogens is 424 g/mol. The van der Waals surface area contributed by atoms with E-state index in [0.29, 0.717) is 35.6 Å². The Hall–Kier alpha value is -3.65. The van der Waals surface area contributed by atoms with Crippen LogP contribution in [0.4, 0.5) is 0 Å². The summed E-state index contributed by atoms with van der Waals surface area (Å²) in [4.78, 5) is 41.2. The van der Waals surface area contributed by atoms with Crippen molar-refractivity contribution < 1.29 is 29.0 Å². The third-order valence-corrected chi connectivity index (χ3v) is 5.39. The standard InChI is InChI=1S/C25H28N2O6/c1-5-33-19-8-6-7-18(15-19)22(28)20-21(16-9-11-17(12-10-16)25(31)32-4)27(14-13-26(2)3)24(30)23(20)29/h6-12,15,21,28H,5,13-14H2,1-4H3. The second kappa shape index (κ2) is 10.3. The van der Waals surface area contributed by atoms with E-state index in [0.717, 1.165) is 0 Å². The first-order valence-electron chi connectivity index (χ1n) is 10.6. The van der Waals surface area contributed by atoms with Crippen molar-refractivity contribution in [3.05, 3.63) is 70.8 Å². The molecule has 1 amide bonds. The van der Waals surface area contributed by atoms with E-state index in [2.05, 4.69) is 0 Å². The van der Waals surface area contributed by atoms with Gasteiger partial charge in [0, 0.05) is 18.7 Å². The van der Waals surface area contributed by atoms with E-state index in [1.807, 2.05) is 25.9 Å². The Morgan fingerprint density at radius 3 is 2.39 bits per heavy atom. The molecule has 3 rings (SSSR count). The minimum Gasteiger partial charge on any atom is -0.507 e. The molecule has 1 atom stereocenters. The Balaban J connectivity index is 2.12. The van der Waals surface area contributed by atoms with Crippen LogP contribution in [0.2, 0.25) is 0 Å². The molecule has 2 aromatic carbocycles. The van der Waals surface area contributed by atoms with E-state index in [1.54, 1.807) is 48.5 Å².